The van der Waals surface area contributed by atoms with Gasteiger partial charge < -0.3 is 15.4 Å². The van der Waals surface area contributed by atoms with E-state index in [9.17, 15) is 4.79 Å². The summed E-state index contributed by atoms with van der Waals surface area (Å²) in [6, 6.07) is 24.3. The van der Waals surface area contributed by atoms with Crippen LogP contribution in [0.15, 0.2) is 85.1 Å². The Hall–Kier alpha value is -4.19. The molecular formula is C25H22N4O2. The van der Waals surface area contributed by atoms with Crippen LogP contribution in [0.25, 0.3) is 11.4 Å². The highest BCUT2D eigenvalue weighted by Crippen LogP contribution is 2.21. The van der Waals surface area contributed by atoms with E-state index < -0.39 is 0 Å². The fraction of sp³-hybridized carbons (Fsp3) is 0.0800. The summed E-state index contributed by atoms with van der Waals surface area (Å²) in [6.45, 7) is 2.05. The number of aryl methyl sites for hydroxylation is 1. The van der Waals surface area contributed by atoms with Crippen molar-refractivity contribution in [2.45, 2.75) is 6.92 Å². The molecule has 6 heteroatoms. The predicted molar refractivity (Wildman–Crippen MR) is 123 cm³/mol. The second-order valence-electron chi connectivity index (χ2n) is 7.02. The second kappa shape index (κ2) is 9.09. The Morgan fingerprint density at radius 2 is 1.52 bits per heavy atom. The quantitative estimate of drug-likeness (QED) is 0.442. The number of rotatable bonds is 6. The Morgan fingerprint density at radius 3 is 2.19 bits per heavy atom. The highest BCUT2D eigenvalue weighted by Gasteiger charge is 2.07. The van der Waals surface area contributed by atoms with Crippen molar-refractivity contribution in [2.24, 2.45) is 0 Å². The Labute approximate surface area is 181 Å². The second-order valence-corrected chi connectivity index (χ2v) is 7.02. The van der Waals surface area contributed by atoms with Crippen molar-refractivity contribution in [1.82, 2.24) is 9.97 Å². The average Bonchev–Trinajstić information content (AvgIpc) is 2.81. The van der Waals surface area contributed by atoms with Gasteiger partial charge in [0.25, 0.3) is 5.91 Å². The number of nitrogens with zero attached hydrogens (tertiary/aromatic N) is 2. The highest BCUT2D eigenvalue weighted by atomic mass is 16.5. The van der Waals surface area contributed by atoms with Crippen LogP contribution in [0.1, 0.15) is 15.9 Å². The van der Waals surface area contributed by atoms with Gasteiger partial charge in [-0.1, -0.05) is 29.8 Å². The fourth-order valence-electron chi connectivity index (χ4n) is 3.00. The molecule has 1 amide bonds. The first-order valence-electron chi connectivity index (χ1n) is 9.83. The number of carbonyl (C=O) groups is 1. The Kier molecular flexibility index (Phi) is 5.89. The Bertz CT molecular complexity index is 1170. The van der Waals surface area contributed by atoms with Crippen molar-refractivity contribution in [1.29, 1.82) is 0 Å². The molecule has 0 unspecified atom stereocenters. The van der Waals surface area contributed by atoms with E-state index in [4.69, 9.17) is 4.74 Å². The molecule has 0 bridgehead atoms. The van der Waals surface area contributed by atoms with E-state index in [-0.39, 0.29) is 5.91 Å². The first-order valence-corrected chi connectivity index (χ1v) is 9.83. The average molecular weight is 410 g/mol. The summed E-state index contributed by atoms with van der Waals surface area (Å²) in [6.07, 6.45) is 1.72. The molecule has 2 N–H and O–H groups in total. The van der Waals surface area contributed by atoms with Crippen molar-refractivity contribution in [2.75, 3.05) is 17.7 Å². The summed E-state index contributed by atoms with van der Waals surface area (Å²) in [4.78, 5) is 21.4. The lowest BCUT2D eigenvalue weighted by Gasteiger charge is -2.09. The van der Waals surface area contributed by atoms with Gasteiger partial charge in [-0.25, -0.2) is 9.97 Å². The van der Waals surface area contributed by atoms with E-state index in [0.717, 1.165) is 17.0 Å². The maximum absolute atomic E-state index is 12.5. The number of hydrogen-bond acceptors (Lipinski definition) is 5. The number of ether oxygens (including phenoxy) is 1. The Morgan fingerprint density at radius 1 is 0.839 bits per heavy atom. The van der Waals surface area contributed by atoms with Crippen molar-refractivity contribution < 1.29 is 9.53 Å². The van der Waals surface area contributed by atoms with Crippen LogP contribution in [0.4, 0.5) is 17.2 Å². The van der Waals surface area contributed by atoms with Gasteiger partial charge in [0.1, 0.15) is 11.6 Å². The molecule has 0 saturated heterocycles. The number of nitrogens with one attached hydrogen (secondary N) is 2. The summed E-state index contributed by atoms with van der Waals surface area (Å²) >= 11 is 0. The number of methoxy groups -OCH3 is 1. The van der Waals surface area contributed by atoms with E-state index in [1.54, 1.807) is 49.7 Å². The van der Waals surface area contributed by atoms with Crippen LogP contribution in [0.3, 0.4) is 0 Å². The van der Waals surface area contributed by atoms with Gasteiger partial charge in [0, 0.05) is 28.7 Å². The molecule has 4 aromatic rings. The van der Waals surface area contributed by atoms with Crippen LogP contribution in [-0.2, 0) is 0 Å². The molecule has 0 saturated carbocycles. The van der Waals surface area contributed by atoms with Crippen molar-refractivity contribution in [3.05, 3.63) is 96.2 Å². The molecule has 1 heterocycles. The molecule has 0 aliphatic heterocycles. The third-order valence-corrected chi connectivity index (χ3v) is 4.73. The first-order chi connectivity index (χ1) is 15.1. The van der Waals surface area contributed by atoms with Crippen molar-refractivity contribution in [3.8, 4) is 17.1 Å². The van der Waals surface area contributed by atoms with Crippen LogP contribution in [-0.4, -0.2) is 23.0 Å². The zero-order valence-corrected chi connectivity index (χ0v) is 17.3. The minimum absolute atomic E-state index is 0.180. The van der Waals surface area contributed by atoms with Gasteiger partial charge in [0.05, 0.1) is 7.11 Å². The largest absolute Gasteiger partial charge is 0.497 e. The maximum atomic E-state index is 12.5. The minimum Gasteiger partial charge on any atom is -0.497 e. The van der Waals surface area contributed by atoms with Gasteiger partial charge in [-0.15, -0.1) is 0 Å². The van der Waals surface area contributed by atoms with Gasteiger partial charge >= 0.3 is 0 Å². The number of benzene rings is 3. The first kappa shape index (κ1) is 20.1. The number of aromatic nitrogens is 2. The normalized spacial score (nSPS) is 10.4. The summed E-state index contributed by atoms with van der Waals surface area (Å²) in [7, 11) is 1.61. The summed E-state index contributed by atoms with van der Waals surface area (Å²) in [5.41, 5.74) is 4.24. The van der Waals surface area contributed by atoms with Crippen LogP contribution >= 0.6 is 0 Å². The molecule has 0 aliphatic carbocycles. The van der Waals surface area contributed by atoms with Crippen molar-refractivity contribution >= 4 is 23.1 Å². The molecule has 1 aromatic heterocycles. The number of hydrogen-bond donors (Lipinski definition) is 2. The topological polar surface area (TPSA) is 76.1 Å². The van der Waals surface area contributed by atoms with Gasteiger partial charge in [0.15, 0.2) is 5.82 Å². The van der Waals surface area contributed by atoms with Crippen LogP contribution < -0.4 is 15.4 Å². The maximum Gasteiger partial charge on any atom is 0.255 e. The van der Waals surface area contributed by atoms with Gasteiger partial charge in [-0.05, 0) is 61.5 Å². The lowest BCUT2D eigenvalue weighted by molar-refractivity contribution is 0.102. The van der Waals surface area contributed by atoms with E-state index in [1.807, 2.05) is 49.4 Å². The SMILES string of the molecule is COc1ccc(NC(=O)c2ccc(Nc3ccnc(-c4ccc(C)cc4)n3)cc2)cc1. The molecule has 3 aromatic carbocycles. The zero-order valence-electron chi connectivity index (χ0n) is 17.3. The Balaban J connectivity index is 1.43. The van der Waals surface area contributed by atoms with Gasteiger partial charge in [-0.2, -0.15) is 0 Å². The van der Waals surface area contributed by atoms with Crippen LogP contribution in [0, 0.1) is 6.92 Å². The van der Waals surface area contributed by atoms with Gasteiger partial charge in [0.2, 0.25) is 0 Å². The summed E-state index contributed by atoms with van der Waals surface area (Å²) in [5.74, 6) is 1.89. The summed E-state index contributed by atoms with van der Waals surface area (Å²) in [5, 5.41) is 6.13. The number of carbonyl (C=O) groups excluding carboxylic acids is 1. The van der Waals surface area contributed by atoms with Crippen LogP contribution in [0.2, 0.25) is 0 Å². The molecule has 0 aliphatic rings. The zero-order chi connectivity index (χ0) is 21.6. The standard InChI is InChI=1S/C25H22N4O2/c1-17-3-5-18(6-4-17)24-26-16-15-23(29-24)27-20-9-7-19(8-10-20)25(30)28-21-11-13-22(31-2)14-12-21/h3-16H,1-2H3,(H,28,30)(H,26,27,29). The predicted octanol–water partition coefficient (Wildman–Crippen LogP) is 5.46. The molecule has 4 rings (SSSR count). The van der Waals surface area contributed by atoms with Crippen molar-refractivity contribution in [3.63, 3.8) is 0 Å². The molecule has 0 fully saturated rings. The van der Waals surface area contributed by atoms with E-state index in [0.29, 0.717) is 22.9 Å². The smallest absolute Gasteiger partial charge is 0.255 e. The molecular weight excluding hydrogens is 388 g/mol. The van der Waals surface area contributed by atoms with Crippen LogP contribution in [0.5, 0.6) is 5.75 Å². The molecule has 0 spiro atoms. The number of anilines is 3. The van der Waals surface area contributed by atoms with E-state index >= 15 is 0 Å². The molecule has 6 nitrogen and oxygen atoms in total. The molecule has 0 atom stereocenters. The van der Waals surface area contributed by atoms with Gasteiger partial charge in [-0.3, -0.25) is 4.79 Å². The monoisotopic (exact) mass is 410 g/mol. The highest BCUT2D eigenvalue weighted by molar-refractivity contribution is 6.04. The fourth-order valence-corrected chi connectivity index (χ4v) is 3.00. The summed E-state index contributed by atoms with van der Waals surface area (Å²) < 4.78 is 5.13. The third kappa shape index (κ3) is 5.05. The van der Waals surface area contributed by atoms with E-state index in [2.05, 4.69) is 20.6 Å². The minimum atomic E-state index is -0.180. The number of amides is 1. The van der Waals surface area contributed by atoms with E-state index in [1.165, 1.54) is 5.56 Å². The molecule has 0 radical (unpaired) electrons. The third-order valence-electron chi connectivity index (χ3n) is 4.73. The molecule has 31 heavy (non-hydrogen) atoms. The molecule has 154 valence electrons. The lowest BCUT2D eigenvalue weighted by Crippen LogP contribution is -2.11. The lowest BCUT2D eigenvalue weighted by atomic mass is 10.1.